The molecule has 0 saturated heterocycles. The highest BCUT2D eigenvalue weighted by atomic mass is 32.2. The lowest BCUT2D eigenvalue weighted by molar-refractivity contribution is 0.228. The molecule has 3 aromatic rings. The van der Waals surface area contributed by atoms with Crippen molar-refractivity contribution < 1.29 is 22.1 Å². The van der Waals surface area contributed by atoms with Crippen molar-refractivity contribution in [3.8, 4) is 0 Å². The smallest absolute Gasteiger partial charge is 0.175 e. The second kappa shape index (κ2) is 10.6. The van der Waals surface area contributed by atoms with Crippen molar-refractivity contribution in [1.29, 1.82) is 0 Å². The number of rotatable bonds is 8. The molecule has 0 saturated carbocycles. The summed E-state index contributed by atoms with van der Waals surface area (Å²) in [6, 6.07) is 19.7. The Morgan fingerprint density at radius 2 is 1.19 bits per heavy atom. The maximum Gasteiger partial charge on any atom is 0.175 e. The van der Waals surface area contributed by atoms with Gasteiger partial charge in [-0.15, -0.1) is 11.8 Å². The van der Waals surface area contributed by atoms with E-state index in [1.165, 1.54) is 0 Å². The van der Waals surface area contributed by atoms with Crippen LogP contribution in [0.4, 0.5) is 17.6 Å². The summed E-state index contributed by atoms with van der Waals surface area (Å²) >= 11 is 0.774. The Morgan fingerprint density at radius 1 is 0.742 bits per heavy atom. The summed E-state index contributed by atoms with van der Waals surface area (Å²) < 4.78 is 62.4. The van der Waals surface area contributed by atoms with Gasteiger partial charge < -0.3 is 4.52 Å². The first-order valence-corrected chi connectivity index (χ1v) is 12.0. The van der Waals surface area contributed by atoms with Crippen LogP contribution in [0, 0.1) is 29.2 Å². The molecule has 0 aromatic heterocycles. The van der Waals surface area contributed by atoms with Crippen LogP contribution in [-0.2, 0) is 4.52 Å². The molecule has 0 fully saturated rings. The number of hydrogen-bond acceptors (Lipinski definition) is 2. The Labute approximate surface area is 185 Å². The van der Waals surface area contributed by atoms with Crippen LogP contribution in [0.5, 0.6) is 0 Å². The van der Waals surface area contributed by atoms with Crippen molar-refractivity contribution in [2.75, 3.05) is 0 Å². The highest BCUT2D eigenvalue weighted by molar-refractivity contribution is 8.00. The van der Waals surface area contributed by atoms with Crippen LogP contribution in [-0.4, -0.2) is 11.4 Å². The average molecular weight is 466 g/mol. The van der Waals surface area contributed by atoms with Gasteiger partial charge in [0.15, 0.2) is 23.3 Å². The van der Waals surface area contributed by atoms with Gasteiger partial charge in [-0.25, -0.2) is 17.6 Å². The van der Waals surface area contributed by atoms with E-state index in [0.29, 0.717) is 0 Å². The summed E-state index contributed by atoms with van der Waals surface area (Å²) in [6.45, 7) is 5.59. The minimum absolute atomic E-state index is 0.0754. The maximum atomic E-state index is 14.3. The quantitative estimate of drug-likeness (QED) is 0.156. The van der Waals surface area contributed by atoms with Gasteiger partial charge in [-0.1, -0.05) is 74.5 Å². The van der Waals surface area contributed by atoms with Gasteiger partial charge in [-0.05, 0) is 12.8 Å². The standard InChI is InChI=1S/C24H23F4OPS/c1-15(2)23(31-24-21(27)19(25)14-20(26)22(24)28)16(3)29-30(17-10-6-4-7-11-17)18-12-8-5-9-13-18/h4-16,23H,1-3H3/t16-,23-/m1/s1. The van der Waals surface area contributed by atoms with E-state index in [1.54, 1.807) is 0 Å². The topological polar surface area (TPSA) is 9.23 Å². The SMILES string of the molecule is CC(C)[C@@H](Sc1c(F)c(F)cc(F)c1F)[C@@H](C)OP(c1ccccc1)c1ccccc1. The van der Waals surface area contributed by atoms with Gasteiger partial charge in [0.05, 0.1) is 19.1 Å². The highest BCUT2D eigenvalue weighted by Crippen LogP contribution is 2.42. The second-order valence-corrected chi connectivity index (χ2v) is 10.4. The lowest BCUT2D eigenvalue weighted by Gasteiger charge is -2.31. The predicted octanol–water partition coefficient (Wildman–Crippen LogP) is 6.81. The van der Waals surface area contributed by atoms with Gasteiger partial charge in [-0.3, -0.25) is 0 Å². The van der Waals surface area contributed by atoms with E-state index in [9.17, 15) is 17.6 Å². The maximum absolute atomic E-state index is 14.3. The minimum Gasteiger partial charge on any atom is -0.346 e. The van der Waals surface area contributed by atoms with Gasteiger partial charge in [-0.2, -0.15) is 0 Å². The van der Waals surface area contributed by atoms with E-state index in [1.807, 2.05) is 81.4 Å². The first-order valence-electron chi connectivity index (χ1n) is 9.86. The molecule has 164 valence electrons. The molecule has 0 heterocycles. The van der Waals surface area contributed by atoms with Crippen molar-refractivity contribution in [3.63, 3.8) is 0 Å². The Kier molecular flexibility index (Phi) is 8.15. The van der Waals surface area contributed by atoms with Crippen molar-refractivity contribution in [2.45, 2.75) is 37.0 Å². The summed E-state index contributed by atoms with van der Waals surface area (Å²) in [6.07, 6.45) is -0.457. The van der Waals surface area contributed by atoms with Gasteiger partial charge in [0, 0.05) is 21.9 Å². The molecule has 0 aliphatic rings. The number of thioether (sulfide) groups is 1. The van der Waals surface area contributed by atoms with Gasteiger partial charge in [0.25, 0.3) is 0 Å². The Balaban J connectivity index is 1.92. The molecule has 0 amide bonds. The van der Waals surface area contributed by atoms with Crippen molar-refractivity contribution in [2.24, 2.45) is 5.92 Å². The van der Waals surface area contributed by atoms with E-state index < -0.39 is 47.7 Å². The van der Waals surface area contributed by atoms with Crippen LogP contribution < -0.4 is 10.6 Å². The Hall–Kier alpha value is -1.88. The molecule has 0 bridgehead atoms. The highest BCUT2D eigenvalue weighted by Gasteiger charge is 2.31. The second-order valence-electron chi connectivity index (χ2n) is 7.40. The molecule has 0 aliphatic heterocycles. The summed E-state index contributed by atoms with van der Waals surface area (Å²) in [4.78, 5) is -0.657. The summed E-state index contributed by atoms with van der Waals surface area (Å²) in [5.41, 5.74) is 0. The number of benzene rings is 3. The summed E-state index contributed by atoms with van der Waals surface area (Å²) in [7, 11) is -1.20. The monoisotopic (exact) mass is 466 g/mol. The fourth-order valence-corrected chi connectivity index (χ4v) is 6.36. The molecule has 0 N–H and O–H groups in total. The molecule has 3 aromatic carbocycles. The van der Waals surface area contributed by atoms with E-state index >= 15 is 0 Å². The predicted molar refractivity (Wildman–Crippen MR) is 120 cm³/mol. The Morgan fingerprint density at radius 3 is 1.61 bits per heavy atom. The van der Waals surface area contributed by atoms with Crippen LogP contribution in [0.15, 0.2) is 71.6 Å². The third-order valence-corrected chi connectivity index (χ3v) is 8.57. The van der Waals surface area contributed by atoms with Crippen molar-refractivity contribution in [3.05, 3.63) is 90.0 Å². The molecule has 7 heteroatoms. The minimum atomic E-state index is -1.41. The van der Waals surface area contributed by atoms with Gasteiger partial charge in [0.2, 0.25) is 0 Å². The first-order chi connectivity index (χ1) is 14.8. The Bertz CT molecular complexity index is 936. The van der Waals surface area contributed by atoms with E-state index in [-0.39, 0.29) is 12.0 Å². The van der Waals surface area contributed by atoms with E-state index in [2.05, 4.69) is 0 Å². The van der Waals surface area contributed by atoms with Crippen LogP contribution in [0.2, 0.25) is 0 Å². The zero-order valence-corrected chi connectivity index (χ0v) is 19.1. The summed E-state index contributed by atoms with van der Waals surface area (Å²) in [5, 5.41) is 1.55. The number of hydrogen-bond donors (Lipinski definition) is 0. The van der Waals surface area contributed by atoms with E-state index in [4.69, 9.17) is 4.52 Å². The molecule has 0 unspecified atom stereocenters. The zero-order chi connectivity index (χ0) is 22.5. The van der Waals surface area contributed by atoms with E-state index in [0.717, 1.165) is 22.4 Å². The molecule has 0 aliphatic carbocycles. The average Bonchev–Trinajstić information content (AvgIpc) is 2.77. The molecule has 1 nitrogen and oxygen atoms in total. The first kappa shape index (κ1) is 23.8. The molecule has 31 heavy (non-hydrogen) atoms. The van der Waals surface area contributed by atoms with Gasteiger partial charge >= 0.3 is 0 Å². The summed E-state index contributed by atoms with van der Waals surface area (Å²) in [5.74, 6) is -5.65. The molecule has 0 spiro atoms. The van der Waals surface area contributed by atoms with Crippen LogP contribution in [0.1, 0.15) is 20.8 Å². The van der Waals surface area contributed by atoms with Crippen LogP contribution >= 0.6 is 19.9 Å². The lowest BCUT2D eigenvalue weighted by Crippen LogP contribution is -2.30. The normalized spacial score (nSPS) is 13.6. The van der Waals surface area contributed by atoms with Gasteiger partial charge in [0.1, 0.15) is 0 Å². The fourth-order valence-electron chi connectivity index (χ4n) is 3.19. The third-order valence-electron chi connectivity index (χ3n) is 4.70. The molecular formula is C24H23F4OPS. The number of halogens is 4. The lowest BCUT2D eigenvalue weighted by atomic mass is 10.1. The largest absolute Gasteiger partial charge is 0.346 e. The van der Waals surface area contributed by atoms with Crippen LogP contribution in [0.25, 0.3) is 0 Å². The van der Waals surface area contributed by atoms with Crippen molar-refractivity contribution >= 4 is 30.5 Å². The molecule has 2 atom stereocenters. The zero-order valence-electron chi connectivity index (χ0n) is 17.4. The van der Waals surface area contributed by atoms with Crippen LogP contribution in [0.3, 0.4) is 0 Å². The molecular weight excluding hydrogens is 443 g/mol. The molecule has 3 rings (SSSR count). The molecule has 0 radical (unpaired) electrons. The van der Waals surface area contributed by atoms with Crippen molar-refractivity contribution in [1.82, 2.24) is 0 Å². The fraction of sp³-hybridized carbons (Fsp3) is 0.250. The third kappa shape index (κ3) is 5.68.